The summed E-state index contributed by atoms with van der Waals surface area (Å²) in [6.45, 7) is 3.34. The van der Waals surface area contributed by atoms with Crippen LogP contribution in [0, 0.1) is 10.1 Å². The van der Waals surface area contributed by atoms with Gasteiger partial charge in [0, 0.05) is 10.5 Å². The Kier molecular flexibility index (Phi) is 3.43. The van der Waals surface area contributed by atoms with E-state index in [1.165, 1.54) is 6.07 Å². The van der Waals surface area contributed by atoms with Gasteiger partial charge in [-0.25, -0.2) is 5.90 Å². The molecule has 82 valence electrons. The van der Waals surface area contributed by atoms with Gasteiger partial charge in [0.2, 0.25) is 0 Å². The molecule has 0 unspecified atom stereocenters. The molecular weight excluding hydrogens is 264 g/mol. The summed E-state index contributed by atoms with van der Waals surface area (Å²) >= 11 is 3.18. The van der Waals surface area contributed by atoms with Crippen molar-refractivity contribution in [1.29, 1.82) is 0 Å². The summed E-state index contributed by atoms with van der Waals surface area (Å²) in [4.78, 5) is 15.1. The van der Waals surface area contributed by atoms with Crippen molar-refractivity contribution >= 4 is 21.6 Å². The van der Waals surface area contributed by atoms with E-state index in [0.717, 1.165) is 0 Å². The van der Waals surface area contributed by atoms with Crippen molar-refractivity contribution in [3.63, 3.8) is 0 Å². The highest BCUT2D eigenvalue weighted by Gasteiger charge is 2.29. The van der Waals surface area contributed by atoms with E-state index in [1.54, 1.807) is 26.0 Å². The Morgan fingerprint density at radius 1 is 1.53 bits per heavy atom. The molecule has 0 spiro atoms. The molecule has 0 radical (unpaired) electrons. The maximum Gasteiger partial charge on any atom is 0.276 e. The summed E-state index contributed by atoms with van der Waals surface area (Å²) < 4.78 is 0.644. The number of hydrogen-bond acceptors (Lipinski definition) is 4. The second-order valence-corrected chi connectivity index (χ2v) is 4.46. The average molecular weight is 275 g/mol. The largest absolute Gasteiger partial charge is 0.294 e. The molecule has 1 aromatic rings. The predicted molar refractivity (Wildman–Crippen MR) is 59.1 cm³/mol. The Hall–Kier alpha value is -0.980. The van der Waals surface area contributed by atoms with Crippen LogP contribution in [0.15, 0.2) is 22.7 Å². The molecule has 0 saturated heterocycles. The fourth-order valence-electron chi connectivity index (χ4n) is 1.23. The van der Waals surface area contributed by atoms with Gasteiger partial charge in [-0.15, -0.1) is 0 Å². The zero-order valence-corrected chi connectivity index (χ0v) is 9.95. The number of nitrogens with two attached hydrogens (primary N) is 1. The quantitative estimate of drug-likeness (QED) is 0.679. The van der Waals surface area contributed by atoms with E-state index in [9.17, 15) is 10.1 Å². The second-order valence-electron chi connectivity index (χ2n) is 3.55. The third-order valence-electron chi connectivity index (χ3n) is 2.10. The molecule has 2 N–H and O–H groups in total. The van der Waals surface area contributed by atoms with Crippen LogP contribution < -0.4 is 5.90 Å². The number of halogens is 1. The molecule has 0 aliphatic heterocycles. The molecule has 0 aliphatic rings. The van der Waals surface area contributed by atoms with Crippen LogP contribution in [0.5, 0.6) is 0 Å². The van der Waals surface area contributed by atoms with E-state index in [-0.39, 0.29) is 5.69 Å². The maximum absolute atomic E-state index is 10.8. The smallest absolute Gasteiger partial charge is 0.276 e. The number of benzene rings is 1. The van der Waals surface area contributed by atoms with Gasteiger partial charge in [0.25, 0.3) is 5.69 Å². The molecule has 0 amide bonds. The molecule has 0 atom stereocenters. The van der Waals surface area contributed by atoms with Crippen molar-refractivity contribution in [2.24, 2.45) is 5.90 Å². The van der Waals surface area contributed by atoms with Crippen LogP contribution in [0.4, 0.5) is 5.69 Å². The monoisotopic (exact) mass is 274 g/mol. The summed E-state index contributed by atoms with van der Waals surface area (Å²) in [5.41, 5.74) is -0.457. The average Bonchev–Trinajstić information content (AvgIpc) is 2.17. The van der Waals surface area contributed by atoms with Crippen LogP contribution in [0.1, 0.15) is 19.4 Å². The minimum absolute atomic E-state index is 0.0141. The van der Waals surface area contributed by atoms with Crippen LogP contribution in [0.2, 0.25) is 0 Å². The molecule has 0 aliphatic carbocycles. The fourth-order valence-corrected chi connectivity index (χ4v) is 1.58. The van der Waals surface area contributed by atoms with Crippen molar-refractivity contribution in [1.82, 2.24) is 0 Å². The first-order chi connectivity index (χ1) is 6.88. The molecule has 0 heterocycles. The van der Waals surface area contributed by atoms with Crippen molar-refractivity contribution < 1.29 is 9.76 Å². The summed E-state index contributed by atoms with van der Waals surface area (Å²) in [5, 5.41) is 10.8. The van der Waals surface area contributed by atoms with Crippen LogP contribution in [-0.4, -0.2) is 4.92 Å². The highest BCUT2D eigenvalue weighted by Crippen LogP contribution is 2.33. The van der Waals surface area contributed by atoms with Crippen molar-refractivity contribution in [3.8, 4) is 0 Å². The summed E-state index contributed by atoms with van der Waals surface area (Å²) in [6.07, 6.45) is 0. The zero-order valence-electron chi connectivity index (χ0n) is 8.36. The van der Waals surface area contributed by atoms with Crippen LogP contribution in [0.3, 0.4) is 0 Å². The molecule has 0 aromatic heterocycles. The van der Waals surface area contributed by atoms with E-state index < -0.39 is 10.5 Å². The van der Waals surface area contributed by atoms with Gasteiger partial charge < -0.3 is 0 Å². The van der Waals surface area contributed by atoms with Crippen LogP contribution in [-0.2, 0) is 10.4 Å². The highest BCUT2D eigenvalue weighted by atomic mass is 79.9. The fraction of sp³-hybridized carbons (Fsp3) is 0.333. The zero-order chi connectivity index (χ0) is 11.6. The van der Waals surface area contributed by atoms with Gasteiger partial charge in [-0.05, 0) is 26.0 Å². The molecule has 15 heavy (non-hydrogen) atoms. The van der Waals surface area contributed by atoms with Gasteiger partial charge in [0.1, 0.15) is 5.60 Å². The van der Waals surface area contributed by atoms with Crippen molar-refractivity contribution in [3.05, 3.63) is 38.3 Å². The molecule has 1 rings (SSSR count). The van der Waals surface area contributed by atoms with Crippen molar-refractivity contribution in [2.45, 2.75) is 19.4 Å². The Morgan fingerprint density at radius 2 is 2.13 bits per heavy atom. The van der Waals surface area contributed by atoms with Gasteiger partial charge >= 0.3 is 0 Å². The SMILES string of the molecule is CC(C)(ON)c1ccc(Br)cc1[N+](=O)[O-]. The Labute approximate surface area is 95.5 Å². The van der Waals surface area contributed by atoms with E-state index in [2.05, 4.69) is 15.9 Å². The lowest BCUT2D eigenvalue weighted by atomic mass is 9.96. The third-order valence-corrected chi connectivity index (χ3v) is 2.59. The Bertz CT molecular complexity index is 393. The van der Waals surface area contributed by atoms with Gasteiger partial charge in [-0.2, -0.15) is 0 Å². The molecule has 5 nitrogen and oxygen atoms in total. The first-order valence-electron chi connectivity index (χ1n) is 4.21. The summed E-state index contributed by atoms with van der Waals surface area (Å²) in [7, 11) is 0. The molecule has 0 fully saturated rings. The number of hydrogen-bond donors (Lipinski definition) is 1. The van der Waals surface area contributed by atoms with E-state index in [1.807, 2.05) is 0 Å². The summed E-state index contributed by atoms with van der Waals surface area (Å²) in [6, 6.07) is 4.76. The number of nitro benzene ring substituents is 1. The summed E-state index contributed by atoms with van der Waals surface area (Å²) in [5.74, 6) is 5.11. The Balaban J connectivity index is 3.35. The lowest BCUT2D eigenvalue weighted by molar-refractivity contribution is -0.386. The van der Waals surface area contributed by atoms with E-state index in [0.29, 0.717) is 10.0 Å². The minimum atomic E-state index is -0.886. The van der Waals surface area contributed by atoms with Gasteiger partial charge in [-0.3, -0.25) is 15.0 Å². The molecule has 0 bridgehead atoms. The topological polar surface area (TPSA) is 78.4 Å². The lowest BCUT2D eigenvalue weighted by Crippen LogP contribution is -2.26. The van der Waals surface area contributed by atoms with Crippen molar-refractivity contribution in [2.75, 3.05) is 0 Å². The number of rotatable bonds is 3. The molecule has 0 saturated carbocycles. The third kappa shape index (κ3) is 2.53. The normalized spacial score (nSPS) is 11.5. The number of nitro groups is 1. The van der Waals surface area contributed by atoms with Gasteiger partial charge in [-0.1, -0.05) is 15.9 Å². The van der Waals surface area contributed by atoms with Gasteiger partial charge in [0.05, 0.1) is 10.5 Å². The number of nitrogens with zero attached hydrogens (tertiary/aromatic N) is 1. The Morgan fingerprint density at radius 3 is 2.60 bits per heavy atom. The van der Waals surface area contributed by atoms with Gasteiger partial charge in [0.15, 0.2) is 0 Å². The first kappa shape index (κ1) is 12.1. The predicted octanol–water partition coefficient (Wildman–Crippen LogP) is 2.48. The highest BCUT2D eigenvalue weighted by molar-refractivity contribution is 9.10. The first-order valence-corrected chi connectivity index (χ1v) is 5.00. The molecule has 6 heteroatoms. The molecular formula is C9H11BrN2O3. The van der Waals surface area contributed by atoms with Crippen LogP contribution in [0.25, 0.3) is 0 Å². The van der Waals surface area contributed by atoms with E-state index >= 15 is 0 Å². The van der Waals surface area contributed by atoms with E-state index in [4.69, 9.17) is 10.7 Å². The standard InChI is InChI=1S/C9H11BrN2O3/c1-9(2,15-11)7-4-3-6(10)5-8(7)12(13)14/h3-5H,11H2,1-2H3. The lowest BCUT2D eigenvalue weighted by Gasteiger charge is -2.21. The molecule has 1 aromatic carbocycles. The second kappa shape index (κ2) is 4.26. The minimum Gasteiger partial charge on any atom is -0.294 e. The maximum atomic E-state index is 10.8. The van der Waals surface area contributed by atoms with Crippen LogP contribution >= 0.6 is 15.9 Å².